The van der Waals surface area contributed by atoms with Gasteiger partial charge >= 0.3 is 12.0 Å². The summed E-state index contributed by atoms with van der Waals surface area (Å²) in [7, 11) is 1.57. The van der Waals surface area contributed by atoms with Gasteiger partial charge in [-0.3, -0.25) is 9.69 Å². The Morgan fingerprint density at radius 3 is 2.41 bits per heavy atom. The number of carbonyl (C=O) groups excluding carboxylic acids is 2. The van der Waals surface area contributed by atoms with Crippen molar-refractivity contribution < 1.29 is 24.2 Å². The lowest BCUT2D eigenvalue weighted by Gasteiger charge is -2.23. The highest BCUT2D eigenvalue weighted by Gasteiger charge is 2.49. The predicted octanol–water partition coefficient (Wildman–Crippen LogP) is 2.67. The normalized spacial score (nSPS) is 19.1. The van der Waals surface area contributed by atoms with E-state index in [9.17, 15) is 14.4 Å². The summed E-state index contributed by atoms with van der Waals surface area (Å²) < 4.78 is 5.25. The summed E-state index contributed by atoms with van der Waals surface area (Å²) in [6.45, 7) is 3.60. The fraction of sp³-hybridized carbons (Fsp3) is 0.250. The number of aromatic carboxylic acids is 1. The van der Waals surface area contributed by atoms with Crippen LogP contribution in [0.25, 0.3) is 0 Å². The van der Waals surface area contributed by atoms with Gasteiger partial charge in [0.05, 0.1) is 19.2 Å². The summed E-state index contributed by atoms with van der Waals surface area (Å²) in [6, 6.07) is 10.9. The van der Waals surface area contributed by atoms with Crippen molar-refractivity contribution >= 4 is 17.9 Å². The first-order valence-corrected chi connectivity index (χ1v) is 8.37. The van der Waals surface area contributed by atoms with E-state index in [4.69, 9.17) is 9.84 Å². The lowest BCUT2D eigenvalue weighted by atomic mass is 9.90. The first-order valence-electron chi connectivity index (χ1n) is 8.37. The van der Waals surface area contributed by atoms with Crippen LogP contribution in [0.1, 0.15) is 34.0 Å². The Morgan fingerprint density at radius 1 is 1.19 bits per heavy atom. The molecule has 1 unspecified atom stereocenters. The molecule has 3 rings (SSSR count). The van der Waals surface area contributed by atoms with Gasteiger partial charge in [0.15, 0.2) is 0 Å². The van der Waals surface area contributed by atoms with Gasteiger partial charge in [-0.15, -0.1) is 0 Å². The molecular formula is C20H20N2O5. The Kier molecular flexibility index (Phi) is 4.61. The van der Waals surface area contributed by atoms with Crippen molar-refractivity contribution in [2.45, 2.75) is 25.9 Å². The molecule has 1 atom stereocenters. The third-order valence-corrected chi connectivity index (χ3v) is 4.79. The molecule has 140 valence electrons. The van der Waals surface area contributed by atoms with Gasteiger partial charge < -0.3 is 15.2 Å². The molecule has 0 aromatic heterocycles. The van der Waals surface area contributed by atoms with Crippen LogP contribution in [0.5, 0.6) is 5.75 Å². The second-order valence-corrected chi connectivity index (χ2v) is 6.63. The third kappa shape index (κ3) is 3.23. The molecule has 0 bridgehead atoms. The van der Waals surface area contributed by atoms with E-state index in [-0.39, 0.29) is 18.0 Å². The number of ether oxygens (including phenoxy) is 1. The van der Waals surface area contributed by atoms with Crippen LogP contribution in [0.3, 0.4) is 0 Å². The van der Waals surface area contributed by atoms with Gasteiger partial charge in [0.1, 0.15) is 11.3 Å². The van der Waals surface area contributed by atoms with Gasteiger partial charge in [-0.25, -0.2) is 9.59 Å². The average molecular weight is 368 g/mol. The van der Waals surface area contributed by atoms with Gasteiger partial charge in [0.2, 0.25) is 0 Å². The first kappa shape index (κ1) is 18.4. The molecule has 27 heavy (non-hydrogen) atoms. The van der Waals surface area contributed by atoms with Gasteiger partial charge in [-0.05, 0) is 54.8 Å². The van der Waals surface area contributed by atoms with E-state index in [0.29, 0.717) is 16.9 Å². The van der Waals surface area contributed by atoms with Crippen LogP contribution in [0.15, 0.2) is 42.5 Å². The molecule has 7 heteroatoms. The molecule has 0 aliphatic carbocycles. The lowest BCUT2D eigenvalue weighted by molar-refractivity contribution is -0.131. The van der Waals surface area contributed by atoms with E-state index in [1.807, 2.05) is 13.0 Å². The molecule has 1 heterocycles. The molecule has 0 spiro atoms. The maximum atomic E-state index is 13.0. The largest absolute Gasteiger partial charge is 0.496 e. The number of carboxylic acid groups (broad SMARTS) is 1. The van der Waals surface area contributed by atoms with Crippen LogP contribution >= 0.6 is 0 Å². The SMILES string of the molecule is COc1ccc(C2(C)NC(=O)N(Cc3ccc(C(=O)O)cc3)C2=O)cc1C. The highest BCUT2D eigenvalue weighted by molar-refractivity contribution is 6.07. The fourth-order valence-corrected chi connectivity index (χ4v) is 3.16. The molecule has 7 nitrogen and oxygen atoms in total. The zero-order valence-electron chi connectivity index (χ0n) is 15.3. The van der Waals surface area contributed by atoms with E-state index in [2.05, 4.69) is 5.32 Å². The van der Waals surface area contributed by atoms with E-state index in [0.717, 1.165) is 10.5 Å². The number of carbonyl (C=O) groups is 3. The Bertz CT molecular complexity index is 922. The maximum Gasteiger partial charge on any atom is 0.335 e. The quantitative estimate of drug-likeness (QED) is 0.791. The average Bonchev–Trinajstić information content (AvgIpc) is 2.86. The minimum Gasteiger partial charge on any atom is -0.496 e. The van der Waals surface area contributed by atoms with Gasteiger partial charge in [0.25, 0.3) is 5.91 Å². The molecule has 1 aliphatic rings. The summed E-state index contributed by atoms with van der Waals surface area (Å²) in [6.07, 6.45) is 0. The number of methoxy groups -OCH3 is 1. The Hall–Kier alpha value is -3.35. The number of rotatable bonds is 5. The number of benzene rings is 2. The zero-order chi connectivity index (χ0) is 19.8. The molecular weight excluding hydrogens is 348 g/mol. The molecule has 2 N–H and O–H groups in total. The number of nitrogens with zero attached hydrogens (tertiary/aromatic N) is 1. The second kappa shape index (κ2) is 6.75. The molecule has 2 aromatic carbocycles. The van der Waals surface area contributed by atoms with Crippen molar-refractivity contribution in [3.8, 4) is 5.75 Å². The maximum absolute atomic E-state index is 13.0. The lowest BCUT2D eigenvalue weighted by Crippen LogP contribution is -2.40. The van der Waals surface area contributed by atoms with E-state index in [1.165, 1.54) is 12.1 Å². The number of amides is 3. The molecule has 1 aliphatic heterocycles. The standard InChI is InChI=1S/C20H20N2O5/c1-12-10-15(8-9-16(12)27-3)20(2)18(25)22(19(26)21-20)11-13-4-6-14(7-5-13)17(23)24/h4-10H,11H2,1-3H3,(H,21,26)(H,23,24). The monoisotopic (exact) mass is 368 g/mol. The Labute approximate surface area is 156 Å². The minimum absolute atomic E-state index is 0.0648. The minimum atomic E-state index is -1.17. The van der Waals surface area contributed by atoms with Crippen molar-refractivity contribution in [2.75, 3.05) is 7.11 Å². The predicted molar refractivity (Wildman–Crippen MR) is 97.6 cm³/mol. The zero-order valence-corrected chi connectivity index (χ0v) is 15.3. The highest BCUT2D eigenvalue weighted by Crippen LogP contribution is 2.32. The van der Waals surface area contributed by atoms with Gasteiger partial charge in [0, 0.05) is 0 Å². The van der Waals surface area contributed by atoms with Crippen LogP contribution in [-0.4, -0.2) is 35.0 Å². The van der Waals surface area contributed by atoms with Crippen molar-refractivity contribution in [1.82, 2.24) is 10.2 Å². The number of hydrogen-bond donors (Lipinski definition) is 2. The van der Waals surface area contributed by atoms with E-state index < -0.39 is 17.5 Å². The van der Waals surface area contributed by atoms with Gasteiger partial charge in [-0.2, -0.15) is 0 Å². The molecule has 0 saturated carbocycles. The van der Waals surface area contributed by atoms with Gasteiger partial charge in [-0.1, -0.05) is 18.2 Å². The topological polar surface area (TPSA) is 95.9 Å². The number of aryl methyl sites for hydroxylation is 1. The van der Waals surface area contributed by atoms with Crippen LogP contribution in [0.4, 0.5) is 4.79 Å². The molecule has 1 fully saturated rings. The molecule has 3 amide bonds. The smallest absolute Gasteiger partial charge is 0.335 e. The number of imide groups is 1. The summed E-state index contributed by atoms with van der Waals surface area (Å²) in [5.74, 6) is -0.687. The van der Waals surface area contributed by atoms with Crippen LogP contribution < -0.4 is 10.1 Å². The number of hydrogen-bond acceptors (Lipinski definition) is 4. The van der Waals surface area contributed by atoms with Crippen LogP contribution in [0.2, 0.25) is 0 Å². The van der Waals surface area contributed by atoms with E-state index >= 15 is 0 Å². The summed E-state index contributed by atoms with van der Waals surface area (Å²) in [4.78, 5) is 37.5. The third-order valence-electron chi connectivity index (χ3n) is 4.79. The first-order chi connectivity index (χ1) is 12.8. The molecule has 1 saturated heterocycles. The number of carboxylic acids is 1. The summed E-state index contributed by atoms with van der Waals surface area (Å²) in [5, 5.41) is 11.7. The Morgan fingerprint density at radius 2 is 1.85 bits per heavy atom. The van der Waals surface area contributed by atoms with E-state index in [1.54, 1.807) is 38.3 Å². The summed E-state index contributed by atoms with van der Waals surface area (Å²) >= 11 is 0. The number of urea groups is 1. The van der Waals surface area contributed by atoms with Crippen molar-refractivity contribution in [2.24, 2.45) is 0 Å². The summed E-state index contributed by atoms with van der Waals surface area (Å²) in [5.41, 5.74) is 1.17. The highest BCUT2D eigenvalue weighted by atomic mass is 16.5. The molecule has 2 aromatic rings. The van der Waals surface area contributed by atoms with Crippen molar-refractivity contribution in [3.05, 3.63) is 64.7 Å². The molecule has 0 radical (unpaired) electrons. The van der Waals surface area contributed by atoms with Crippen LogP contribution in [0, 0.1) is 6.92 Å². The second-order valence-electron chi connectivity index (χ2n) is 6.63. The Balaban J connectivity index is 1.85. The number of nitrogens with one attached hydrogen (secondary N) is 1. The van der Waals surface area contributed by atoms with Crippen LogP contribution in [-0.2, 0) is 16.9 Å². The van der Waals surface area contributed by atoms with Crippen molar-refractivity contribution in [1.29, 1.82) is 0 Å². The van der Waals surface area contributed by atoms with Crippen molar-refractivity contribution in [3.63, 3.8) is 0 Å². The fourth-order valence-electron chi connectivity index (χ4n) is 3.16.